The minimum absolute atomic E-state index is 0.000482. The van der Waals surface area contributed by atoms with Crippen LogP contribution in [0.4, 0.5) is 0 Å². The monoisotopic (exact) mass is 314 g/mol. The molecule has 0 saturated carbocycles. The third kappa shape index (κ3) is 2.99. The van der Waals surface area contributed by atoms with Crippen molar-refractivity contribution in [3.8, 4) is 5.75 Å². The zero-order valence-corrected chi connectivity index (χ0v) is 11.9. The molecule has 9 heteroatoms. The lowest BCUT2D eigenvalue weighted by atomic mass is 10.1. The van der Waals surface area contributed by atoms with Crippen LogP contribution in [-0.2, 0) is 14.8 Å². The zero-order chi connectivity index (χ0) is 15.6. The highest BCUT2D eigenvalue weighted by molar-refractivity contribution is 7.89. The number of nitrogens with two attached hydrogens (primary N) is 1. The zero-order valence-electron chi connectivity index (χ0n) is 11.1. The molecular weight excluding hydrogens is 298 g/mol. The number of aromatic hydroxyl groups is 1. The first-order chi connectivity index (χ1) is 9.85. The van der Waals surface area contributed by atoms with Crippen molar-refractivity contribution in [2.75, 3.05) is 6.54 Å². The molecule has 2 atom stereocenters. The van der Waals surface area contributed by atoms with E-state index in [1.807, 2.05) is 0 Å². The summed E-state index contributed by atoms with van der Waals surface area (Å²) in [6.45, 7) is -0.000482. The topological polar surface area (TPSA) is 134 Å². The van der Waals surface area contributed by atoms with Crippen LogP contribution in [0.2, 0.25) is 0 Å². The largest absolute Gasteiger partial charge is 0.505 e. The van der Waals surface area contributed by atoms with Crippen LogP contribution in [-0.4, -0.2) is 52.5 Å². The number of sulfonamides is 1. The van der Waals surface area contributed by atoms with Crippen LogP contribution in [0.1, 0.15) is 12.8 Å². The lowest BCUT2D eigenvalue weighted by Gasteiger charge is -2.29. The molecule has 0 aliphatic carbocycles. The maximum absolute atomic E-state index is 12.6. The van der Waals surface area contributed by atoms with Gasteiger partial charge in [0.2, 0.25) is 10.9 Å². The van der Waals surface area contributed by atoms with Crippen molar-refractivity contribution in [1.82, 2.24) is 9.29 Å². The predicted octanol–water partition coefficient (Wildman–Crippen LogP) is -1.01. The summed E-state index contributed by atoms with van der Waals surface area (Å²) in [5.74, 6) is -1.48. The molecule has 115 valence electrons. The van der Waals surface area contributed by atoms with Crippen LogP contribution in [0.15, 0.2) is 23.4 Å². The highest BCUT2D eigenvalue weighted by Crippen LogP contribution is 2.27. The van der Waals surface area contributed by atoms with Gasteiger partial charge in [-0.3, -0.25) is 4.79 Å². The number of primary amides is 1. The molecule has 1 amide bonds. The van der Waals surface area contributed by atoms with Crippen molar-refractivity contribution < 1.29 is 23.4 Å². The fourth-order valence-corrected chi connectivity index (χ4v) is 3.89. The van der Waals surface area contributed by atoms with Crippen LogP contribution in [0, 0.1) is 6.42 Å². The molecule has 1 radical (unpaired) electrons. The van der Waals surface area contributed by atoms with Gasteiger partial charge in [0.15, 0.2) is 5.75 Å². The molecule has 21 heavy (non-hydrogen) atoms. The number of nitrogens with zero attached hydrogens (tertiary/aromatic N) is 2. The van der Waals surface area contributed by atoms with Crippen molar-refractivity contribution in [3.05, 3.63) is 24.8 Å². The molecule has 2 rings (SSSR count). The second kappa shape index (κ2) is 5.96. The first kappa shape index (κ1) is 15.7. The number of hydrogen-bond donors (Lipinski definition) is 3. The average molecular weight is 314 g/mol. The Kier molecular flexibility index (Phi) is 4.45. The van der Waals surface area contributed by atoms with Crippen LogP contribution < -0.4 is 5.73 Å². The summed E-state index contributed by atoms with van der Waals surface area (Å²) in [6.07, 6.45) is 2.24. The van der Waals surface area contributed by atoms with Gasteiger partial charge in [-0.1, -0.05) is 0 Å². The fraction of sp³-hybridized carbons (Fsp3) is 0.417. The third-order valence-corrected chi connectivity index (χ3v) is 5.05. The first-order valence-electron chi connectivity index (χ1n) is 6.32. The Morgan fingerprint density at radius 3 is 2.81 bits per heavy atom. The number of aliphatic hydroxyl groups excluding tert-OH is 1. The third-order valence-electron chi connectivity index (χ3n) is 3.22. The van der Waals surface area contributed by atoms with Gasteiger partial charge in [-0.05, 0) is 31.4 Å². The number of aliphatic hydroxyl groups is 1. The van der Waals surface area contributed by atoms with E-state index in [0.717, 1.165) is 4.31 Å². The molecule has 1 aliphatic rings. The van der Waals surface area contributed by atoms with E-state index in [9.17, 15) is 23.4 Å². The minimum Gasteiger partial charge on any atom is -0.505 e. The van der Waals surface area contributed by atoms with Gasteiger partial charge in [-0.25, -0.2) is 13.4 Å². The van der Waals surface area contributed by atoms with Crippen LogP contribution >= 0.6 is 0 Å². The van der Waals surface area contributed by atoms with Crippen LogP contribution in [0.3, 0.4) is 0 Å². The van der Waals surface area contributed by atoms with E-state index in [0.29, 0.717) is 12.8 Å². The standard InChI is InChI=1S/C12H16N3O5S/c13-11(18)10-8(16)4-1-2-7-15(10)21(19,20)12-9(17)5-3-6-14-12/h3-6,8,10,16-17H,1-2,7H2,(H2,13,18). The summed E-state index contributed by atoms with van der Waals surface area (Å²) in [5, 5.41) is 19.0. The Morgan fingerprint density at radius 1 is 1.48 bits per heavy atom. The number of aromatic nitrogens is 1. The van der Waals surface area contributed by atoms with E-state index in [-0.39, 0.29) is 6.54 Å². The molecule has 2 unspecified atom stereocenters. The number of amides is 1. The molecule has 1 fully saturated rings. The van der Waals surface area contributed by atoms with E-state index in [4.69, 9.17) is 5.73 Å². The summed E-state index contributed by atoms with van der Waals surface area (Å²) < 4.78 is 26.0. The molecule has 1 aromatic rings. The molecule has 1 aliphatic heterocycles. The van der Waals surface area contributed by atoms with Gasteiger partial charge in [0, 0.05) is 12.7 Å². The van der Waals surface area contributed by atoms with Gasteiger partial charge < -0.3 is 15.9 Å². The Labute approximate surface area is 122 Å². The summed E-state index contributed by atoms with van der Waals surface area (Å²) in [4.78, 5) is 15.2. The number of pyridine rings is 1. The second-order valence-corrected chi connectivity index (χ2v) is 6.47. The molecule has 0 bridgehead atoms. The van der Waals surface area contributed by atoms with Gasteiger partial charge in [-0.2, -0.15) is 4.31 Å². The molecular formula is C12H16N3O5S. The highest BCUT2D eigenvalue weighted by atomic mass is 32.2. The van der Waals surface area contributed by atoms with Crippen molar-refractivity contribution in [2.24, 2.45) is 5.73 Å². The maximum atomic E-state index is 12.6. The quantitative estimate of drug-likeness (QED) is 0.654. The molecule has 4 N–H and O–H groups in total. The van der Waals surface area contributed by atoms with E-state index in [1.165, 1.54) is 24.8 Å². The number of carbonyl (C=O) groups excluding carboxylic acids is 1. The fourth-order valence-electron chi connectivity index (χ4n) is 2.25. The molecule has 0 aromatic carbocycles. The van der Waals surface area contributed by atoms with Gasteiger partial charge in [-0.15, -0.1) is 0 Å². The smallest absolute Gasteiger partial charge is 0.265 e. The normalized spacial score (nSPS) is 24.4. The predicted molar refractivity (Wildman–Crippen MR) is 72.3 cm³/mol. The highest BCUT2D eigenvalue weighted by Gasteiger charge is 2.42. The van der Waals surface area contributed by atoms with E-state index in [1.54, 1.807) is 0 Å². The van der Waals surface area contributed by atoms with E-state index in [2.05, 4.69) is 4.98 Å². The molecule has 1 saturated heterocycles. The van der Waals surface area contributed by atoms with E-state index >= 15 is 0 Å². The summed E-state index contributed by atoms with van der Waals surface area (Å²) in [6, 6.07) is 1.14. The first-order valence-corrected chi connectivity index (χ1v) is 7.76. The Bertz CT molecular complexity index is 634. The number of hydrogen-bond acceptors (Lipinski definition) is 6. The lowest BCUT2D eigenvalue weighted by molar-refractivity contribution is -0.124. The average Bonchev–Trinajstić information content (AvgIpc) is 2.61. The maximum Gasteiger partial charge on any atom is 0.265 e. The SMILES string of the molecule is NC(=O)C1C(O)[CH]CCCN1S(=O)(=O)c1ncccc1O. The summed E-state index contributed by atoms with van der Waals surface area (Å²) in [7, 11) is -4.25. The second-order valence-electron chi connectivity index (χ2n) is 4.66. The summed E-state index contributed by atoms with van der Waals surface area (Å²) >= 11 is 0. The Morgan fingerprint density at radius 2 is 2.19 bits per heavy atom. The number of rotatable bonds is 3. The van der Waals surface area contributed by atoms with Gasteiger partial charge in [0.05, 0.1) is 6.10 Å². The summed E-state index contributed by atoms with van der Waals surface area (Å²) in [5.41, 5.74) is 5.22. The molecule has 1 aromatic heterocycles. The Hall–Kier alpha value is -1.71. The molecule has 0 spiro atoms. The van der Waals surface area contributed by atoms with Crippen LogP contribution in [0.25, 0.3) is 0 Å². The van der Waals surface area contributed by atoms with Gasteiger partial charge >= 0.3 is 0 Å². The Balaban J connectivity index is 2.50. The van der Waals surface area contributed by atoms with Crippen molar-refractivity contribution in [1.29, 1.82) is 0 Å². The van der Waals surface area contributed by atoms with Crippen molar-refractivity contribution in [2.45, 2.75) is 30.0 Å². The van der Waals surface area contributed by atoms with Gasteiger partial charge in [0.1, 0.15) is 6.04 Å². The molecule has 2 heterocycles. The van der Waals surface area contributed by atoms with E-state index < -0.39 is 38.9 Å². The van der Waals surface area contributed by atoms with Crippen molar-refractivity contribution >= 4 is 15.9 Å². The number of carbonyl (C=O) groups is 1. The minimum atomic E-state index is -4.25. The van der Waals surface area contributed by atoms with Crippen LogP contribution in [0.5, 0.6) is 5.75 Å². The van der Waals surface area contributed by atoms with Gasteiger partial charge in [0.25, 0.3) is 10.0 Å². The lowest BCUT2D eigenvalue weighted by Crippen LogP contribution is -2.53. The molecule has 8 nitrogen and oxygen atoms in total. The van der Waals surface area contributed by atoms with Crippen molar-refractivity contribution in [3.63, 3.8) is 0 Å².